The molecule has 3 aliphatic rings. The van der Waals surface area contributed by atoms with Gasteiger partial charge in [0.05, 0.1) is 31.6 Å². The van der Waals surface area contributed by atoms with E-state index < -0.39 is 0 Å². The van der Waals surface area contributed by atoms with E-state index in [1.807, 2.05) is 6.07 Å². The fourth-order valence-corrected chi connectivity index (χ4v) is 4.66. The van der Waals surface area contributed by atoms with Crippen molar-refractivity contribution in [2.75, 3.05) is 52.4 Å². The maximum Gasteiger partial charge on any atom is 0.191 e. The maximum absolute atomic E-state index is 6.08. The fourth-order valence-electron chi connectivity index (χ4n) is 4.66. The Kier molecular flexibility index (Phi) is 9.08. The molecule has 1 aromatic heterocycles. The van der Waals surface area contributed by atoms with Gasteiger partial charge in [0.2, 0.25) is 0 Å². The van der Waals surface area contributed by atoms with Crippen LogP contribution in [0.3, 0.4) is 0 Å². The van der Waals surface area contributed by atoms with Gasteiger partial charge in [-0.25, -0.2) is 0 Å². The third-order valence-electron chi connectivity index (χ3n) is 6.18. The smallest absolute Gasteiger partial charge is 0.191 e. The molecule has 0 bridgehead atoms. The summed E-state index contributed by atoms with van der Waals surface area (Å²) in [6.07, 6.45) is 7.11. The average Bonchev–Trinajstić information content (AvgIpc) is 3.48. The van der Waals surface area contributed by atoms with Crippen LogP contribution in [-0.4, -0.2) is 80.3 Å². The summed E-state index contributed by atoms with van der Waals surface area (Å²) in [5.74, 6) is 1.88. The van der Waals surface area contributed by atoms with Crippen molar-refractivity contribution in [2.45, 2.75) is 50.8 Å². The van der Waals surface area contributed by atoms with E-state index in [0.29, 0.717) is 12.6 Å². The number of likely N-dealkylation sites (tertiary alicyclic amines) is 1. The number of fused-ring (bicyclic) bond motifs is 1. The number of nitrogens with one attached hydrogen (secondary N) is 2. The minimum absolute atomic E-state index is 0. The van der Waals surface area contributed by atoms with E-state index in [1.54, 1.807) is 6.26 Å². The Hall–Kier alpha value is -0.840. The number of halogens is 1. The number of rotatable bonds is 7. The molecule has 2 N–H and O–H groups in total. The van der Waals surface area contributed by atoms with Crippen LogP contribution < -0.4 is 10.6 Å². The lowest BCUT2D eigenvalue weighted by Gasteiger charge is -2.35. The van der Waals surface area contributed by atoms with Gasteiger partial charge in [-0.2, -0.15) is 0 Å². The van der Waals surface area contributed by atoms with Gasteiger partial charge < -0.3 is 19.8 Å². The van der Waals surface area contributed by atoms with Gasteiger partial charge in [0.1, 0.15) is 5.76 Å². The Labute approximate surface area is 191 Å². The number of ether oxygens (including phenoxy) is 1. The Morgan fingerprint density at radius 1 is 1.24 bits per heavy atom. The van der Waals surface area contributed by atoms with Crippen molar-refractivity contribution in [1.29, 1.82) is 0 Å². The van der Waals surface area contributed by atoms with Crippen molar-refractivity contribution in [1.82, 2.24) is 20.4 Å². The SMILES string of the molecule is CCNC(=NCC(c1ccco1)N1CCCC1)NCC1CN2CCCC2CO1.I. The van der Waals surface area contributed by atoms with Gasteiger partial charge in [0.15, 0.2) is 5.96 Å². The monoisotopic (exact) mass is 517 g/mol. The summed E-state index contributed by atoms with van der Waals surface area (Å²) < 4.78 is 11.8. The molecule has 0 amide bonds. The molecule has 0 spiro atoms. The van der Waals surface area contributed by atoms with Crippen LogP contribution in [0.2, 0.25) is 0 Å². The highest BCUT2D eigenvalue weighted by Gasteiger charge is 2.32. The minimum atomic E-state index is 0. The normalized spacial score (nSPS) is 26.7. The number of hydrogen-bond acceptors (Lipinski definition) is 5. The maximum atomic E-state index is 6.08. The molecule has 0 saturated carbocycles. The second kappa shape index (κ2) is 11.5. The third-order valence-corrected chi connectivity index (χ3v) is 6.18. The first kappa shape index (κ1) is 22.8. The van der Waals surface area contributed by atoms with Crippen LogP contribution in [0.5, 0.6) is 0 Å². The van der Waals surface area contributed by atoms with E-state index in [2.05, 4.69) is 33.4 Å². The topological polar surface area (TPSA) is 65.3 Å². The van der Waals surface area contributed by atoms with Crippen LogP contribution in [0.15, 0.2) is 27.8 Å². The van der Waals surface area contributed by atoms with Gasteiger partial charge in [0, 0.05) is 25.7 Å². The summed E-state index contributed by atoms with van der Waals surface area (Å²) in [5.41, 5.74) is 0. The van der Waals surface area contributed by atoms with Crippen LogP contribution in [0.1, 0.15) is 44.4 Å². The Bertz CT molecular complexity index is 621. The standard InChI is InChI=1S/C21H35N5O2.HI/c1-2-22-21(23-13-18-15-26-11-5-7-17(26)16-28-18)24-14-19(20-8-6-12-27-20)25-9-3-4-10-25;/h6,8,12,17-19H,2-5,7,9-11,13-16H2,1H3,(H2,22,23,24);1H. The number of furan rings is 1. The predicted octanol–water partition coefficient (Wildman–Crippen LogP) is 2.45. The molecule has 0 aromatic carbocycles. The molecule has 8 heteroatoms. The fraction of sp³-hybridized carbons (Fsp3) is 0.762. The molecule has 4 rings (SSSR count). The predicted molar refractivity (Wildman–Crippen MR) is 126 cm³/mol. The summed E-state index contributed by atoms with van der Waals surface area (Å²) in [6, 6.07) is 4.90. The quantitative estimate of drug-likeness (QED) is 0.329. The van der Waals surface area contributed by atoms with E-state index in [1.165, 1.54) is 32.2 Å². The average molecular weight is 517 g/mol. The van der Waals surface area contributed by atoms with E-state index in [4.69, 9.17) is 14.1 Å². The summed E-state index contributed by atoms with van der Waals surface area (Å²) in [6.45, 7) is 9.81. The number of hydrogen-bond donors (Lipinski definition) is 2. The lowest BCUT2D eigenvalue weighted by atomic mass is 10.2. The molecular weight excluding hydrogens is 481 g/mol. The first-order valence-corrected chi connectivity index (χ1v) is 11.0. The van der Waals surface area contributed by atoms with Crippen LogP contribution >= 0.6 is 24.0 Å². The highest BCUT2D eigenvalue weighted by Crippen LogP contribution is 2.26. The zero-order valence-electron chi connectivity index (χ0n) is 17.5. The lowest BCUT2D eigenvalue weighted by molar-refractivity contribution is -0.0453. The number of nitrogens with zero attached hydrogens (tertiary/aromatic N) is 3. The molecule has 0 aliphatic carbocycles. The number of morpholine rings is 1. The zero-order chi connectivity index (χ0) is 19.2. The van der Waals surface area contributed by atoms with Gasteiger partial charge in [-0.15, -0.1) is 24.0 Å². The molecular formula is C21H36IN5O2. The molecule has 3 atom stereocenters. The molecule has 4 heterocycles. The molecule has 29 heavy (non-hydrogen) atoms. The molecule has 3 fully saturated rings. The number of aliphatic imine (C=N–C) groups is 1. The summed E-state index contributed by atoms with van der Waals surface area (Å²) >= 11 is 0. The van der Waals surface area contributed by atoms with Gasteiger partial charge >= 0.3 is 0 Å². The van der Waals surface area contributed by atoms with E-state index in [-0.39, 0.29) is 36.1 Å². The van der Waals surface area contributed by atoms with Crippen LogP contribution in [0.25, 0.3) is 0 Å². The largest absolute Gasteiger partial charge is 0.468 e. The first-order valence-electron chi connectivity index (χ1n) is 11.0. The second-order valence-electron chi connectivity index (χ2n) is 8.12. The van der Waals surface area contributed by atoms with Gasteiger partial charge in [-0.1, -0.05) is 0 Å². The van der Waals surface area contributed by atoms with Gasteiger partial charge in [-0.3, -0.25) is 14.8 Å². The minimum Gasteiger partial charge on any atom is -0.468 e. The van der Waals surface area contributed by atoms with Crippen molar-refractivity contribution in [3.63, 3.8) is 0 Å². The van der Waals surface area contributed by atoms with Gasteiger partial charge in [0.25, 0.3) is 0 Å². The van der Waals surface area contributed by atoms with E-state index in [9.17, 15) is 0 Å². The Morgan fingerprint density at radius 3 is 2.86 bits per heavy atom. The molecule has 164 valence electrons. The lowest BCUT2D eigenvalue weighted by Crippen LogP contribution is -2.51. The highest BCUT2D eigenvalue weighted by molar-refractivity contribution is 14.0. The second-order valence-corrected chi connectivity index (χ2v) is 8.12. The molecule has 3 saturated heterocycles. The van der Waals surface area contributed by atoms with Crippen molar-refractivity contribution < 1.29 is 9.15 Å². The molecule has 1 aromatic rings. The molecule has 7 nitrogen and oxygen atoms in total. The van der Waals surface area contributed by atoms with Crippen LogP contribution in [0, 0.1) is 0 Å². The molecule has 0 radical (unpaired) electrons. The third kappa shape index (κ3) is 6.08. The summed E-state index contributed by atoms with van der Waals surface area (Å²) in [7, 11) is 0. The van der Waals surface area contributed by atoms with Crippen molar-refractivity contribution in [3.8, 4) is 0 Å². The molecule has 3 unspecified atom stereocenters. The Morgan fingerprint density at radius 2 is 2.10 bits per heavy atom. The molecule has 3 aliphatic heterocycles. The van der Waals surface area contributed by atoms with E-state index in [0.717, 1.165) is 51.1 Å². The summed E-state index contributed by atoms with van der Waals surface area (Å²) in [4.78, 5) is 9.96. The van der Waals surface area contributed by atoms with Crippen molar-refractivity contribution in [3.05, 3.63) is 24.2 Å². The number of guanidine groups is 1. The van der Waals surface area contributed by atoms with Gasteiger partial charge in [-0.05, 0) is 64.4 Å². The van der Waals surface area contributed by atoms with E-state index >= 15 is 0 Å². The Balaban J connectivity index is 0.00000240. The first-order chi connectivity index (χ1) is 13.8. The van der Waals surface area contributed by atoms with Crippen LogP contribution in [0.4, 0.5) is 0 Å². The van der Waals surface area contributed by atoms with Crippen LogP contribution in [-0.2, 0) is 4.74 Å². The van der Waals surface area contributed by atoms with Crippen molar-refractivity contribution >= 4 is 29.9 Å². The van der Waals surface area contributed by atoms with Crippen molar-refractivity contribution in [2.24, 2.45) is 4.99 Å². The zero-order valence-corrected chi connectivity index (χ0v) is 19.8. The highest BCUT2D eigenvalue weighted by atomic mass is 127. The summed E-state index contributed by atoms with van der Waals surface area (Å²) in [5, 5.41) is 6.88.